The Morgan fingerprint density at radius 1 is 1.29 bits per heavy atom. The molecule has 1 aromatic rings. The van der Waals surface area contributed by atoms with Crippen molar-refractivity contribution in [3.63, 3.8) is 0 Å². The highest BCUT2D eigenvalue weighted by molar-refractivity contribution is 5.96. The van der Waals surface area contributed by atoms with Crippen LogP contribution in [0.25, 0.3) is 0 Å². The number of rotatable bonds is 7. The lowest BCUT2D eigenvalue weighted by Crippen LogP contribution is -2.36. The van der Waals surface area contributed by atoms with Gasteiger partial charge >= 0.3 is 6.03 Å². The minimum atomic E-state index is -0.298. The standard InChI is InChI=1S/C16H24N2O3/c1-12(20)13-6-4-7-14(10-13)18-15(21)17-11-16(2,3)8-5-9-19/h4,6-7,10,19H,5,8-9,11H2,1-3H3,(H2,17,18,21). The number of urea groups is 1. The third-order valence-electron chi connectivity index (χ3n) is 3.27. The molecule has 0 radical (unpaired) electrons. The fraction of sp³-hybridized carbons (Fsp3) is 0.500. The predicted octanol–water partition coefficient (Wildman–Crippen LogP) is 2.81. The highest BCUT2D eigenvalue weighted by Crippen LogP contribution is 2.20. The normalized spacial score (nSPS) is 11.0. The Kier molecular flexibility index (Phi) is 6.37. The van der Waals surface area contributed by atoms with Crippen LogP contribution in [0.15, 0.2) is 24.3 Å². The van der Waals surface area contributed by atoms with Gasteiger partial charge in [0.05, 0.1) is 0 Å². The van der Waals surface area contributed by atoms with E-state index in [1.807, 2.05) is 13.8 Å². The van der Waals surface area contributed by atoms with Crippen molar-refractivity contribution >= 4 is 17.5 Å². The average molecular weight is 292 g/mol. The SMILES string of the molecule is CC(=O)c1cccc(NC(=O)NCC(C)(C)CCCO)c1. The van der Waals surface area contributed by atoms with Crippen LogP contribution < -0.4 is 10.6 Å². The van der Waals surface area contributed by atoms with E-state index in [2.05, 4.69) is 10.6 Å². The van der Waals surface area contributed by atoms with Gasteiger partial charge < -0.3 is 15.7 Å². The van der Waals surface area contributed by atoms with Crippen molar-refractivity contribution in [2.75, 3.05) is 18.5 Å². The minimum Gasteiger partial charge on any atom is -0.396 e. The van der Waals surface area contributed by atoms with Crippen molar-refractivity contribution in [1.82, 2.24) is 5.32 Å². The molecule has 0 aliphatic heterocycles. The molecular weight excluding hydrogens is 268 g/mol. The van der Waals surface area contributed by atoms with Gasteiger partial charge in [-0.05, 0) is 37.3 Å². The number of aliphatic hydroxyl groups is 1. The molecule has 0 atom stereocenters. The molecule has 0 heterocycles. The first-order valence-corrected chi connectivity index (χ1v) is 7.11. The summed E-state index contributed by atoms with van der Waals surface area (Å²) in [6.45, 7) is 6.25. The van der Waals surface area contributed by atoms with Gasteiger partial charge in [0.1, 0.15) is 0 Å². The summed E-state index contributed by atoms with van der Waals surface area (Å²) in [5.41, 5.74) is 1.09. The Morgan fingerprint density at radius 2 is 2.00 bits per heavy atom. The van der Waals surface area contributed by atoms with Crippen LogP contribution in [0.3, 0.4) is 0 Å². The Morgan fingerprint density at radius 3 is 2.62 bits per heavy atom. The summed E-state index contributed by atoms with van der Waals surface area (Å²) >= 11 is 0. The zero-order valence-electron chi connectivity index (χ0n) is 12.9. The molecule has 0 saturated carbocycles. The average Bonchev–Trinajstić information content (AvgIpc) is 2.43. The molecule has 3 N–H and O–H groups in total. The molecular formula is C16H24N2O3. The number of amides is 2. The first kappa shape index (κ1) is 17.2. The molecule has 0 aromatic heterocycles. The molecule has 0 unspecified atom stereocenters. The van der Waals surface area contributed by atoms with Crippen molar-refractivity contribution < 1.29 is 14.7 Å². The maximum Gasteiger partial charge on any atom is 0.319 e. The number of carbonyl (C=O) groups is 2. The lowest BCUT2D eigenvalue weighted by molar-refractivity contribution is 0.101. The topological polar surface area (TPSA) is 78.4 Å². The van der Waals surface area contributed by atoms with E-state index < -0.39 is 0 Å². The van der Waals surface area contributed by atoms with E-state index in [-0.39, 0.29) is 23.8 Å². The van der Waals surface area contributed by atoms with Gasteiger partial charge in [-0.2, -0.15) is 0 Å². The Bertz CT molecular complexity index is 498. The summed E-state index contributed by atoms with van der Waals surface area (Å²) in [7, 11) is 0. The molecule has 0 aliphatic carbocycles. The van der Waals surface area contributed by atoms with E-state index >= 15 is 0 Å². The van der Waals surface area contributed by atoms with E-state index in [0.717, 1.165) is 12.8 Å². The van der Waals surface area contributed by atoms with Crippen LogP contribution in [0.5, 0.6) is 0 Å². The first-order valence-electron chi connectivity index (χ1n) is 7.11. The van der Waals surface area contributed by atoms with Gasteiger partial charge in [-0.15, -0.1) is 0 Å². The fourth-order valence-corrected chi connectivity index (χ4v) is 1.96. The number of ketones is 1. The number of Topliss-reactive ketones (excluding diaryl/α,β-unsaturated/α-hetero) is 1. The Hall–Kier alpha value is -1.88. The summed E-state index contributed by atoms with van der Waals surface area (Å²) in [5, 5.41) is 14.4. The van der Waals surface area contributed by atoms with Gasteiger partial charge in [0.2, 0.25) is 0 Å². The van der Waals surface area contributed by atoms with E-state index in [1.165, 1.54) is 6.92 Å². The third kappa shape index (κ3) is 6.40. The number of aliphatic hydroxyl groups excluding tert-OH is 1. The van der Waals surface area contributed by atoms with Gasteiger partial charge in [-0.25, -0.2) is 4.79 Å². The Balaban J connectivity index is 2.50. The van der Waals surface area contributed by atoms with Crippen LogP contribution in [0.2, 0.25) is 0 Å². The Labute approximate surface area is 125 Å². The summed E-state index contributed by atoms with van der Waals surface area (Å²) in [4.78, 5) is 23.1. The highest BCUT2D eigenvalue weighted by atomic mass is 16.3. The van der Waals surface area contributed by atoms with E-state index in [4.69, 9.17) is 5.11 Å². The summed E-state index contributed by atoms with van der Waals surface area (Å²) in [6, 6.07) is 6.54. The molecule has 0 fully saturated rings. The van der Waals surface area contributed by atoms with Gasteiger partial charge in [0.25, 0.3) is 0 Å². The largest absolute Gasteiger partial charge is 0.396 e. The number of hydrogen-bond acceptors (Lipinski definition) is 3. The number of carbonyl (C=O) groups excluding carboxylic acids is 2. The van der Waals surface area contributed by atoms with Crippen molar-refractivity contribution in [3.8, 4) is 0 Å². The van der Waals surface area contributed by atoms with E-state index in [9.17, 15) is 9.59 Å². The number of benzene rings is 1. The second-order valence-electron chi connectivity index (χ2n) is 5.94. The van der Waals surface area contributed by atoms with Crippen LogP contribution in [0.4, 0.5) is 10.5 Å². The number of anilines is 1. The van der Waals surface area contributed by atoms with E-state index in [1.54, 1.807) is 24.3 Å². The van der Waals surface area contributed by atoms with Gasteiger partial charge in [0.15, 0.2) is 5.78 Å². The molecule has 0 saturated heterocycles. The molecule has 0 bridgehead atoms. The second-order valence-corrected chi connectivity index (χ2v) is 5.94. The molecule has 1 aromatic carbocycles. The summed E-state index contributed by atoms with van der Waals surface area (Å²) < 4.78 is 0. The monoisotopic (exact) mass is 292 g/mol. The maximum absolute atomic E-state index is 11.9. The number of nitrogens with one attached hydrogen (secondary N) is 2. The van der Waals surface area contributed by atoms with Crippen LogP contribution >= 0.6 is 0 Å². The van der Waals surface area contributed by atoms with Crippen LogP contribution in [0.1, 0.15) is 44.0 Å². The predicted molar refractivity (Wildman–Crippen MR) is 83.6 cm³/mol. The number of hydrogen-bond donors (Lipinski definition) is 3. The summed E-state index contributed by atoms with van der Waals surface area (Å²) in [5.74, 6) is -0.0378. The van der Waals surface area contributed by atoms with Crippen LogP contribution in [-0.4, -0.2) is 30.1 Å². The zero-order chi connectivity index (χ0) is 15.9. The van der Waals surface area contributed by atoms with Crippen LogP contribution in [0, 0.1) is 5.41 Å². The van der Waals surface area contributed by atoms with Crippen molar-refractivity contribution in [3.05, 3.63) is 29.8 Å². The molecule has 5 nitrogen and oxygen atoms in total. The molecule has 5 heteroatoms. The first-order chi connectivity index (χ1) is 9.84. The third-order valence-corrected chi connectivity index (χ3v) is 3.27. The van der Waals surface area contributed by atoms with Gasteiger partial charge in [0, 0.05) is 24.4 Å². The van der Waals surface area contributed by atoms with Crippen molar-refractivity contribution in [2.24, 2.45) is 5.41 Å². The molecule has 0 spiro atoms. The maximum atomic E-state index is 11.9. The molecule has 1 rings (SSSR count). The van der Waals surface area contributed by atoms with Gasteiger partial charge in [-0.1, -0.05) is 26.0 Å². The lowest BCUT2D eigenvalue weighted by atomic mass is 9.88. The van der Waals surface area contributed by atoms with Crippen molar-refractivity contribution in [2.45, 2.75) is 33.6 Å². The van der Waals surface area contributed by atoms with Crippen molar-refractivity contribution in [1.29, 1.82) is 0 Å². The van der Waals surface area contributed by atoms with Gasteiger partial charge in [-0.3, -0.25) is 4.79 Å². The molecule has 2 amide bonds. The lowest BCUT2D eigenvalue weighted by Gasteiger charge is -2.24. The molecule has 21 heavy (non-hydrogen) atoms. The fourth-order valence-electron chi connectivity index (χ4n) is 1.96. The minimum absolute atomic E-state index is 0.0378. The quantitative estimate of drug-likeness (QED) is 0.676. The summed E-state index contributed by atoms with van der Waals surface area (Å²) in [6.07, 6.45) is 1.56. The second kappa shape index (κ2) is 7.78. The van der Waals surface area contributed by atoms with E-state index in [0.29, 0.717) is 17.8 Å². The molecule has 0 aliphatic rings. The highest BCUT2D eigenvalue weighted by Gasteiger charge is 2.18. The molecule has 116 valence electrons. The zero-order valence-corrected chi connectivity index (χ0v) is 12.9. The smallest absolute Gasteiger partial charge is 0.319 e. The van der Waals surface area contributed by atoms with Crippen LogP contribution in [-0.2, 0) is 0 Å².